The van der Waals surface area contributed by atoms with Crippen molar-refractivity contribution < 1.29 is 28.6 Å². The highest BCUT2D eigenvalue weighted by molar-refractivity contribution is 5.72. The highest BCUT2D eigenvalue weighted by Crippen LogP contribution is 1.81. The molecule has 0 amide bonds. The van der Waals surface area contributed by atoms with E-state index in [1.54, 1.807) is 42.7 Å². The molecule has 0 aliphatic carbocycles. The van der Waals surface area contributed by atoms with Gasteiger partial charge in [-0.15, -0.1) is 0 Å². The molecule has 4 aromatic carbocycles. The average Bonchev–Trinajstić information content (AvgIpc) is 3.07. The third-order valence-electron chi connectivity index (χ3n) is 2.67. The lowest BCUT2D eigenvalue weighted by Crippen LogP contribution is -1.69. The average molecular weight is 655 g/mol. The van der Waals surface area contributed by atoms with Gasteiger partial charge in [-0.05, 0) is 41.5 Å². The number of carbonyl (C=O) groups excluding carboxylic acids is 3. The van der Waals surface area contributed by atoms with Gasteiger partial charge in [-0.3, -0.25) is 0 Å². The number of benzene rings is 4. The van der Waals surface area contributed by atoms with Crippen LogP contribution in [0.5, 0.6) is 0 Å². The summed E-state index contributed by atoms with van der Waals surface area (Å²) >= 11 is 0. The van der Waals surface area contributed by atoms with Crippen LogP contribution < -0.4 is 0 Å². The molecule has 0 atom stereocenters. The van der Waals surface area contributed by atoms with Crippen molar-refractivity contribution in [2.45, 2.75) is 55.4 Å². The van der Waals surface area contributed by atoms with Crippen LogP contribution in [0, 0.1) is 0 Å². The Bertz CT molecular complexity index is 703. The van der Waals surface area contributed by atoms with E-state index in [4.69, 9.17) is 0 Å². The summed E-state index contributed by atoms with van der Waals surface area (Å²) in [5.74, 6) is 0.500. The van der Waals surface area contributed by atoms with Crippen LogP contribution in [0.15, 0.2) is 146 Å². The Balaban J connectivity index is -0.0000000763. The lowest BCUT2D eigenvalue weighted by molar-refractivity contribution is -0.115. The predicted molar refractivity (Wildman–Crippen MR) is 205 cm³/mol. The molecule has 0 unspecified atom stereocenters. The first-order valence-corrected chi connectivity index (χ1v) is 15.1. The molecule has 0 aliphatic heterocycles. The van der Waals surface area contributed by atoms with Gasteiger partial charge in [0.05, 0.1) is 0 Å². The topological polar surface area (TPSA) is 78.9 Å². The quantitative estimate of drug-likeness (QED) is 0.188. The van der Waals surface area contributed by atoms with Gasteiger partial charge in [-0.1, -0.05) is 159 Å². The molecule has 0 fully saturated rings. The van der Waals surface area contributed by atoms with Crippen LogP contribution >= 0.6 is 0 Å². The second-order valence-corrected chi connectivity index (χ2v) is 8.57. The van der Waals surface area contributed by atoms with Crippen molar-refractivity contribution in [1.82, 2.24) is 0 Å². The van der Waals surface area contributed by atoms with Crippen molar-refractivity contribution in [3.05, 3.63) is 146 Å². The summed E-state index contributed by atoms with van der Waals surface area (Å²) < 4.78 is 12.8. The number of hydrogen-bond acceptors (Lipinski definition) is 6. The number of Topliss-reactive ketones (excluding diaryl/α,β-unsaturated/α-hetero) is 3. The van der Waals surface area contributed by atoms with E-state index >= 15 is 0 Å². The summed E-state index contributed by atoms with van der Waals surface area (Å²) in [5, 5.41) is 0. The van der Waals surface area contributed by atoms with Gasteiger partial charge in [-0.25, -0.2) is 0 Å². The molecule has 0 spiro atoms. The fourth-order valence-electron chi connectivity index (χ4n) is 1.54. The molecule has 0 aliphatic rings. The molecule has 0 heterocycles. The minimum absolute atomic E-state index is 0.167. The lowest BCUT2D eigenvalue weighted by atomic mass is 10.4. The predicted octanol–water partition coefficient (Wildman–Crippen LogP) is 10.3. The minimum Gasteiger partial charge on any atom is -0.388 e. The number of ether oxygens (including phenoxy) is 3. The number of rotatable bonds is 0. The Morgan fingerprint density at radius 3 is 0.298 bits per heavy atom. The summed E-state index contributed by atoms with van der Waals surface area (Å²) in [6.45, 7) is 13.2. The maximum absolute atomic E-state index is 9.44. The van der Waals surface area contributed by atoms with Crippen LogP contribution in [-0.4, -0.2) is 60.0 Å². The molecule has 6 heteroatoms. The zero-order chi connectivity index (χ0) is 37.8. The van der Waals surface area contributed by atoms with Gasteiger partial charge in [-0.2, -0.15) is 0 Å². The Kier molecular flexibility index (Phi) is 85.4. The molecular weight excluding hydrogens is 588 g/mol. The van der Waals surface area contributed by atoms with Gasteiger partial charge in [0.1, 0.15) is 17.3 Å². The van der Waals surface area contributed by atoms with Crippen LogP contribution in [0.1, 0.15) is 55.4 Å². The van der Waals surface area contributed by atoms with Crippen molar-refractivity contribution in [2.75, 3.05) is 42.7 Å². The third kappa shape index (κ3) is 169. The van der Waals surface area contributed by atoms with Crippen LogP contribution in [0.25, 0.3) is 0 Å². The summed E-state index contributed by atoms with van der Waals surface area (Å²) in [4.78, 5) is 28.3. The first kappa shape index (κ1) is 58.3. The second kappa shape index (κ2) is 68.8. The summed E-state index contributed by atoms with van der Waals surface area (Å²) in [6.07, 6.45) is 0. The Morgan fingerprint density at radius 2 is 0.277 bits per heavy atom. The molecule has 0 saturated carbocycles. The number of methoxy groups -OCH3 is 3. The molecule has 0 radical (unpaired) electrons. The van der Waals surface area contributed by atoms with Gasteiger partial charge < -0.3 is 28.6 Å². The van der Waals surface area contributed by atoms with E-state index in [0.717, 1.165) is 0 Å². The minimum atomic E-state index is 0.167. The number of ketones is 3. The van der Waals surface area contributed by atoms with Crippen LogP contribution in [-0.2, 0) is 28.6 Å². The highest BCUT2D eigenvalue weighted by Gasteiger charge is 1.63. The van der Waals surface area contributed by atoms with Crippen molar-refractivity contribution in [2.24, 2.45) is 0 Å². The number of hydrogen-bond donors (Lipinski definition) is 0. The number of carbonyl (C=O) groups is 3. The summed E-state index contributed by atoms with van der Waals surface area (Å²) in [5.41, 5.74) is 0. The van der Waals surface area contributed by atoms with E-state index in [1.807, 2.05) is 159 Å². The molecule has 4 aromatic rings. The molecule has 0 N–H and O–H groups in total. The second-order valence-electron chi connectivity index (χ2n) is 8.57. The van der Waals surface area contributed by atoms with E-state index in [0.29, 0.717) is 0 Å². The first-order valence-electron chi connectivity index (χ1n) is 15.1. The fraction of sp³-hybridized carbons (Fsp3) is 0.341. The molecule has 266 valence electrons. The monoisotopic (exact) mass is 654 g/mol. The maximum atomic E-state index is 9.44. The smallest absolute Gasteiger partial charge is 0.126 e. The Morgan fingerprint density at radius 1 is 0.255 bits per heavy atom. The molecule has 0 aromatic heterocycles. The molecule has 6 nitrogen and oxygen atoms in total. The SMILES string of the molecule is CC.CC(C)=O.CC(C)=O.CC(C)=O.COC.COC.COC.c1ccccc1.c1ccccc1.c1ccccc1.c1ccccc1. The van der Waals surface area contributed by atoms with Crippen LogP contribution in [0.3, 0.4) is 0 Å². The van der Waals surface area contributed by atoms with Crippen molar-refractivity contribution in [3.63, 3.8) is 0 Å². The first-order chi connectivity index (χ1) is 22.4. The standard InChI is InChI=1S/4C6H6.3C3H6O.3C2H6O.C2H6/c4*1-2-4-6-5-3-1;3*1-3(2)4;3*1-3-2;1-2/h4*1-6H;3*1-2H3;3*1-2H3;1-2H3. The third-order valence-corrected chi connectivity index (χ3v) is 2.67. The zero-order valence-electron chi connectivity index (χ0n) is 31.8. The van der Waals surface area contributed by atoms with Gasteiger partial charge in [0.15, 0.2) is 0 Å². The van der Waals surface area contributed by atoms with Crippen molar-refractivity contribution >= 4 is 17.3 Å². The maximum Gasteiger partial charge on any atom is 0.126 e. The lowest BCUT2D eigenvalue weighted by Gasteiger charge is -1.69. The normalized spacial score (nSPS) is 7.02. The van der Waals surface area contributed by atoms with E-state index < -0.39 is 0 Å². The van der Waals surface area contributed by atoms with Gasteiger partial charge in [0.25, 0.3) is 0 Å². The van der Waals surface area contributed by atoms with Gasteiger partial charge in [0.2, 0.25) is 0 Å². The van der Waals surface area contributed by atoms with E-state index in [-0.39, 0.29) is 17.3 Å². The largest absolute Gasteiger partial charge is 0.388 e. The van der Waals surface area contributed by atoms with E-state index in [2.05, 4.69) is 14.2 Å². The van der Waals surface area contributed by atoms with Gasteiger partial charge >= 0.3 is 0 Å². The van der Waals surface area contributed by atoms with Crippen molar-refractivity contribution in [1.29, 1.82) is 0 Å². The fourth-order valence-corrected chi connectivity index (χ4v) is 1.54. The van der Waals surface area contributed by atoms with Crippen LogP contribution in [0.4, 0.5) is 0 Å². The molecular formula is C41H66O6. The summed E-state index contributed by atoms with van der Waals surface area (Å²) in [7, 11) is 9.75. The molecule has 0 bridgehead atoms. The van der Waals surface area contributed by atoms with Gasteiger partial charge in [0, 0.05) is 42.7 Å². The molecule has 0 saturated heterocycles. The zero-order valence-corrected chi connectivity index (χ0v) is 31.8. The Hall–Kier alpha value is -4.23. The molecule has 4 rings (SSSR count). The summed E-state index contributed by atoms with van der Waals surface area (Å²) in [6, 6.07) is 48.0. The van der Waals surface area contributed by atoms with Crippen molar-refractivity contribution in [3.8, 4) is 0 Å². The van der Waals surface area contributed by atoms with Crippen LogP contribution in [0.2, 0.25) is 0 Å². The molecule has 47 heavy (non-hydrogen) atoms. The Labute approximate surface area is 289 Å². The van der Waals surface area contributed by atoms with E-state index in [9.17, 15) is 14.4 Å². The van der Waals surface area contributed by atoms with E-state index in [1.165, 1.54) is 41.5 Å². The highest BCUT2D eigenvalue weighted by atomic mass is 16.5.